The van der Waals surface area contributed by atoms with Gasteiger partial charge in [-0.2, -0.15) is 0 Å². The van der Waals surface area contributed by atoms with Gasteiger partial charge in [-0.15, -0.1) is 0 Å². The van der Waals surface area contributed by atoms with E-state index in [-0.39, 0.29) is 22.6 Å². The number of rotatable bonds is 3. The number of carbonyl (C=O) groups excluding carboxylic acids is 1. The van der Waals surface area contributed by atoms with Crippen molar-refractivity contribution in [1.82, 2.24) is 4.31 Å². The Balaban J connectivity index is 1.95. The van der Waals surface area contributed by atoms with Crippen molar-refractivity contribution in [2.75, 3.05) is 0 Å². The zero-order valence-electron chi connectivity index (χ0n) is 14.8. The average molecular weight is 357 g/mol. The summed E-state index contributed by atoms with van der Waals surface area (Å²) < 4.78 is 27.1. The van der Waals surface area contributed by atoms with E-state index in [0.717, 1.165) is 9.87 Å². The largest absolute Gasteiger partial charge is 0.274 e. The van der Waals surface area contributed by atoms with E-state index in [2.05, 4.69) is 0 Å². The zero-order valence-corrected chi connectivity index (χ0v) is 15.6. The first kappa shape index (κ1) is 17.7. The van der Waals surface area contributed by atoms with Gasteiger partial charge in [-0.1, -0.05) is 69.3 Å². The normalized spacial score (nSPS) is 18.8. The minimum Gasteiger partial charge on any atom is -0.274 e. The van der Waals surface area contributed by atoms with Crippen LogP contribution in [0.25, 0.3) is 0 Å². The van der Waals surface area contributed by atoms with Crippen LogP contribution in [-0.4, -0.2) is 18.6 Å². The summed E-state index contributed by atoms with van der Waals surface area (Å²) in [6.45, 7) is 5.90. The molecule has 0 bridgehead atoms. The summed E-state index contributed by atoms with van der Waals surface area (Å²) in [6, 6.07) is 16.1. The molecule has 0 aliphatic carbocycles. The summed E-state index contributed by atoms with van der Waals surface area (Å²) in [5.74, 6) is -0.347. The van der Waals surface area contributed by atoms with Crippen LogP contribution < -0.4 is 0 Å². The molecule has 0 fully saturated rings. The molecule has 0 radical (unpaired) electrons. The molecular weight excluding hydrogens is 334 g/mol. The fourth-order valence-corrected chi connectivity index (χ4v) is 5.42. The number of hydrogen-bond donors (Lipinski definition) is 0. The molecule has 0 N–H and O–H groups in total. The lowest BCUT2D eigenvalue weighted by Gasteiger charge is -2.34. The fraction of sp³-hybridized carbons (Fsp3) is 0.350. The van der Waals surface area contributed by atoms with Crippen molar-refractivity contribution < 1.29 is 13.2 Å². The highest BCUT2D eigenvalue weighted by Gasteiger charge is 2.49. The van der Waals surface area contributed by atoms with Crippen LogP contribution in [0.15, 0.2) is 59.5 Å². The number of carbonyl (C=O) groups is 1. The summed E-state index contributed by atoms with van der Waals surface area (Å²) in [5, 5.41) is 0. The van der Waals surface area contributed by atoms with Crippen molar-refractivity contribution in [3.8, 4) is 0 Å². The van der Waals surface area contributed by atoms with Gasteiger partial charge in [0.05, 0.1) is 10.9 Å². The molecule has 132 valence electrons. The Morgan fingerprint density at radius 1 is 1.00 bits per heavy atom. The van der Waals surface area contributed by atoms with Crippen LogP contribution in [0.2, 0.25) is 0 Å². The Hall–Kier alpha value is -2.14. The molecule has 5 heteroatoms. The molecule has 1 heterocycles. The molecule has 2 aromatic carbocycles. The van der Waals surface area contributed by atoms with E-state index >= 15 is 0 Å². The summed E-state index contributed by atoms with van der Waals surface area (Å²) in [6.07, 6.45) is 0.697. The maximum Gasteiger partial charge on any atom is 0.267 e. The second-order valence-corrected chi connectivity index (χ2v) is 9.27. The van der Waals surface area contributed by atoms with E-state index in [4.69, 9.17) is 0 Å². The Labute approximate surface area is 149 Å². The zero-order chi connectivity index (χ0) is 18.2. The molecule has 1 aliphatic heterocycles. The molecular formula is C20H23NO3S. The quantitative estimate of drug-likeness (QED) is 0.836. The van der Waals surface area contributed by atoms with E-state index in [1.54, 1.807) is 12.1 Å². The van der Waals surface area contributed by atoms with Gasteiger partial charge in [0.2, 0.25) is 5.91 Å². The molecule has 0 aromatic heterocycles. The molecule has 0 saturated carbocycles. The van der Waals surface area contributed by atoms with Crippen LogP contribution in [0.1, 0.15) is 44.4 Å². The number of nitrogens with zero attached hydrogens (tertiary/aromatic N) is 1. The number of fused-ring (bicyclic) bond motifs is 1. The lowest BCUT2D eigenvalue weighted by atomic mass is 9.82. The molecule has 0 saturated heterocycles. The van der Waals surface area contributed by atoms with E-state index in [1.165, 1.54) is 0 Å². The molecule has 1 amide bonds. The third-order valence-electron chi connectivity index (χ3n) is 4.52. The third kappa shape index (κ3) is 3.21. The van der Waals surface area contributed by atoms with Crippen LogP contribution >= 0.6 is 0 Å². The van der Waals surface area contributed by atoms with Gasteiger partial charge in [-0.25, -0.2) is 12.7 Å². The summed E-state index contributed by atoms with van der Waals surface area (Å²) in [7, 11) is -3.80. The van der Waals surface area contributed by atoms with Gasteiger partial charge < -0.3 is 0 Å². The van der Waals surface area contributed by atoms with Crippen LogP contribution in [-0.2, 0) is 21.2 Å². The monoisotopic (exact) mass is 357 g/mol. The highest BCUT2D eigenvalue weighted by atomic mass is 32.2. The van der Waals surface area contributed by atoms with Crippen LogP contribution in [0.5, 0.6) is 0 Å². The number of sulfonamides is 1. The summed E-state index contributed by atoms with van der Waals surface area (Å²) >= 11 is 0. The molecule has 3 rings (SSSR count). The van der Waals surface area contributed by atoms with Crippen molar-refractivity contribution in [2.24, 2.45) is 5.41 Å². The Kier molecular flexibility index (Phi) is 4.45. The van der Waals surface area contributed by atoms with Crippen molar-refractivity contribution in [3.05, 3.63) is 65.7 Å². The number of benzene rings is 2. The number of aryl methyl sites for hydroxylation is 1. The van der Waals surface area contributed by atoms with Gasteiger partial charge in [-0.05, 0) is 29.0 Å². The first-order valence-electron chi connectivity index (χ1n) is 8.43. The maximum atomic E-state index is 13.0. The predicted octanol–water partition coefficient (Wildman–Crippen LogP) is 3.94. The molecule has 0 unspecified atom stereocenters. The Morgan fingerprint density at radius 3 is 2.24 bits per heavy atom. The van der Waals surface area contributed by atoms with Gasteiger partial charge in [0.15, 0.2) is 0 Å². The highest BCUT2D eigenvalue weighted by Crippen LogP contribution is 2.48. The van der Waals surface area contributed by atoms with E-state index in [9.17, 15) is 13.2 Å². The van der Waals surface area contributed by atoms with Gasteiger partial charge in [0, 0.05) is 6.42 Å². The van der Waals surface area contributed by atoms with Gasteiger partial charge in [0.1, 0.15) is 0 Å². The van der Waals surface area contributed by atoms with Crippen molar-refractivity contribution >= 4 is 15.9 Å². The minimum absolute atomic E-state index is 0.170. The molecule has 0 spiro atoms. The average Bonchev–Trinajstić information content (AvgIpc) is 2.82. The Morgan fingerprint density at radius 2 is 1.60 bits per heavy atom. The van der Waals surface area contributed by atoms with Gasteiger partial charge in [-0.3, -0.25) is 4.79 Å². The number of amides is 1. The lowest BCUT2D eigenvalue weighted by molar-refractivity contribution is -0.129. The molecule has 4 nitrogen and oxygen atoms in total. The van der Waals surface area contributed by atoms with E-state index in [1.807, 2.05) is 63.2 Å². The maximum absolute atomic E-state index is 13.0. The second-order valence-electron chi connectivity index (χ2n) is 7.49. The lowest BCUT2D eigenvalue weighted by Crippen LogP contribution is -2.40. The van der Waals surface area contributed by atoms with Crippen molar-refractivity contribution in [1.29, 1.82) is 0 Å². The summed E-state index contributed by atoms with van der Waals surface area (Å²) in [4.78, 5) is 13.2. The first-order chi connectivity index (χ1) is 11.7. The predicted molar refractivity (Wildman–Crippen MR) is 97.4 cm³/mol. The molecule has 25 heavy (non-hydrogen) atoms. The standard InChI is InChI=1S/C20H23NO3S/c1-20(2,3)19-16-11-7-8-12-17(16)25(23,24)21(19)18(22)14-13-15-9-5-4-6-10-15/h4-12,19H,13-14H2,1-3H3/t19-/m1/s1. The first-order valence-corrected chi connectivity index (χ1v) is 9.87. The topological polar surface area (TPSA) is 54.5 Å². The fourth-order valence-electron chi connectivity index (χ4n) is 3.41. The molecule has 1 atom stereocenters. The van der Waals surface area contributed by atoms with Crippen LogP contribution in [0.3, 0.4) is 0 Å². The van der Waals surface area contributed by atoms with Gasteiger partial charge >= 0.3 is 0 Å². The van der Waals surface area contributed by atoms with Crippen molar-refractivity contribution in [2.45, 2.75) is 44.6 Å². The van der Waals surface area contributed by atoms with Crippen LogP contribution in [0.4, 0.5) is 0 Å². The van der Waals surface area contributed by atoms with Crippen molar-refractivity contribution in [3.63, 3.8) is 0 Å². The number of hydrogen-bond acceptors (Lipinski definition) is 3. The summed E-state index contributed by atoms with van der Waals surface area (Å²) in [5.41, 5.74) is 1.35. The van der Waals surface area contributed by atoms with E-state index < -0.39 is 16.1 Å². The van der Waals surface area contributed by atoms with Crippen LogP contribution in [0, 0.1) is 5.41 Å². The SMILES string of the molecule is CC(C)(C)[C@H]1c2ccccc2S(=O)(=O)N1C(=O)CCc1ccccc1. The second kappa shape index (κ2) is 6.30. The smallest absolute Gasteiger partial charge is 0.267 e. The molecule has 2 aromatic rings. The van der Waals surface area contributed by atoms with E-state index in [0.29, 0.717) is 12.0 Å². The minimum atomic E-state index is -3.80. The molecule has 1 aliphatic rings. The third-order valence-corrected chi connectivity index (χ3v) is 6.38. The Bertz CT molecular complexity index is 883. The van der Waals surface area contributed by atoms with Gasteiger partial charge in [0.25, 0.3) is 10.0 Å². The highest BCUT2D eigenvalue weighted by molar-refractivity contribution is 7.90.